The van der Waals surface area contributed by atoms with Crippen molar-refractivity contribution >= 4 is 11.6 Å². The summed E-state index contributed by atoms with van der Waals surface area (Å²) in [5.74, 6) is -0.412. The highest BCUT2D eigenvalue weighted by Crippen LogP contribution is 2.36. The van der Waals surface area contributed by atoms with E-state index < -0.39 is 11.9 Å². The minimum absolute atomic E-state index is 0.122. The van der Waals surface area contributed by atoms with Gasteiger partial charge in [0.2, 0.25) is 0 Å². The normalized spacial score (nSPS) is 20.1. The smallest absolute Gasteiger partial charge is 0.141 e. The highest BCUT2D eigenvalue weighted by atomic mass is 35.5. The van der Waals surface area contributed by atoms with Crippen LogP contribution in [0.3, 0.4) is 0 Å². The van der Waals surface area contributed by atoms with Gasteiger partial charge in [-0.3, -0.25) is 0 Å². The van der Waals surface area contributed by atoms with E-state index in [2.05, 4.69) is 4.90 Å². The van der Waals surface area contributed by atoms with Gasteiger partial charge in [-0.2, -0.15) is 0 Å². The molecule has 2 nitrogen and oxygen atoms in total. The van der Waals surface area contributed by atoms with Gasteiger partial charge in [-0.05, 0) is 44.6 Å². The van der Waals surface area contributed by atoms with Crippen molar-refractivity contribution in [2.45, 2.75) is 50.2 Å². The number of halogens is 2. The maximum atomic E-state index is 13.2. The van der Waals surface area contributed by atoms with Crippen molar-refractivity contribution in [1.29, 1.82) is 0 Å². The minimum atomic E-state index is -0.459. The molecule has 0 radical (unpaired) electrons. The predicted octanol–water partition coefficient (Wildman–Crippen LogP) is 3.65. The Bertz CT molecular complexity index is 458. The van der Waals surface area contributed by atoms with Crippen LogP contribution in [0.15, 0.2) is 18.2 Å². The van der Waals surface area contributed by atoms with Gasteiger partial charge in [0.15, 0.2) is 0 Å². The quantitative estimate of drug-likeness (QED) is 0.917. The van der Waals surface area contributed by atoms with Gasteiger partial charge in [0, 0.05) is 12.0 Å². The van der Waals surface area contributed by atoms with Gasteiger partial charge in [0.25, 0.3) is 0 Å². The maximum Gasteiger partial charge on any atom is 0.141 e. The topological polar surface area (TPSA) is 23.5 Å². The van der Waals surface area contributed by atoms with E-state index in [1.165, 1.54) is 12.5 Å². The third-order valence-corrected chi connectivity index (χ3v) is 4.93. The number of aliphatic hydroxyl groups excluding tert-OH is 1. The molecular weight excluding hydrogens is 277 g/mol. The second-order valence-electron chi connectivity index (χ2n) is 6.03. The van der Waals surface area contributed by atoms with Crippen molar-refractivity contribution in [1.82, 2.24) is 4.90 Å². The first-order valence-electron chi connectivity index (χ1n) is 7.25. The van der Waals surface area contributed by atoms with Gasteiger partial charge in [0.05, 0.1) is 11.1 Å². The Balaban J connectivity index is 2.15. The van der Waals surface area contributed by atoms with Crippen molar-refractivity contribution in [3.8, 4) is 0 Å². The van der Waals surface area contributed by atoms with E-state index in [1.54, 1.807) is 12.1 Å². The standard InChI is InChI=1S/C16H23ClFNO/c1-19(2)16(8-4-3-5-9-16)15(20)11-12-6-7-14(18)13(17)10-12/h6-7,10,15,20H,3-5,8-9,11H2,1-2H3. The minimum Gasteiger partial charge on any atom is -0.391 e. The lowest BCUT2D eigenvalue weighted by Crippen LogP contribution is -2.55. The molecule has 4 heteroatoms. The Morgan fingerprint density at radius 3 is 2.50 bits per heavy atom. The first-order valence-corrected chi connectivity index (χ1v) is 7.63. The fourth-order valence-corrected chi connectivity index (χ4v) is 3.53. The van der Waals surface area contributed by atoms with E-state index in [0.717, 1.165) is 31.2 Å². The van der Waals surface area contributed by atoms with Crippen LogP contribution in [0.2, 0.25) is 5.02 Å². The first kappa shape index (κ1) is 15.7. The Kier molecular flexibility index (Phi) is 5.05. The van der Waals surface area contributed by atoms with Crippen LogP contribution in [0.25, 0.3) is 0 Å². The monoisotopic (exact) mass is 299 g/mol. The van der Waals surface area contributed by atoms with E-state index in [-0.39, 0.29) is 10.6 Å². The zero-order valence-corrected chi connectivity index (χ0v) is 13.0. The molecule has 1 atom stereocenters. The van der Waals surface area contributed by atoms with Gasteiger partial charge >= 0.3 is 0 Å². The fourth-order valence-electron chi connectivity index (χ4n) is 3.32. The Labute approximate surface area is 125 Å². The first-order chi connectivity index (χ1) is 9.45. The molecule has 1 aliphatic rings. The molecule has 0 spiro atoms. The molecule has 1 aliphatic carbocycles. The highest BCUT2D eigenvalue weighted by Gasteiger charge is 2.40. The summed E-state index contributed by atoms with van der Waals surface area (Å²) in [7, 11) is 4.07. The van der Waals surface area contributed by atoms with Gasteiger partial charge in [-0.25, -0.2) is 4.39 Å². The summed E-state index contributed by atoms with van der Waals surface area (Å²) >= 11 is 5.81. The SMILES string of the molecule is CN(C)C1(C(O)Cc2ccc(F)c(Cl)c2)CCCCC1. The van der Waals surface area contributed by atoms with Crippen molar-refractivity contribution in [3.05, 3.63) is 34.6 Å². The number of hydrogen-bond donors (Lipinski definition) is 1. The second-order valence-corrected chi connectivity index (χ2v) is 6.43. The predicted molar refractivity (Wildman–Crippen MR) is 80.6 cm³/mol. The molecule has 0 aliphatic heterocycles. The molecule has 0 aromatic heterocycles. The number of likely N-dealkylation sites (N-methyl/N-ethyl adjacent to an activating group) is 1. The number of nitrogens with zero attached hydrogens (tertiary/aromatic N) is 1. The van der Waals surface area contributed by atoms with E-state index in [0.29, 0.717) is 6.42 Å². The summed E-state index contributed by atoms with van der Waals surface area (Å²) in [5, 5.41) is 10.9. The van der Waals surface area contributed by atoms with Crippen LogP contribution in [0, 0.1) is 5.82 Å². The molecule has 112 valence electrons. The van der Waals surface area contributed by atoms with Crippen molar-refractivity contribution in [3.63, 3.8) is 0 Å². The lowest BCUT2D eigenvalue weighted by atomic mass is 9.75. The van der Waals surface area contributed by atoms with Crippen LogP contribution in [0.1, 0.15) is 37.7 Å². The average Bonchev–Trinajstić information content (AvgIpc) is 2.43. The van der Waals surface area contributed by atoms with Gasteiger partial charge in [0.1, 0.15) is 5.82 Å². The highest BCUT2D eigenvalue weighted by molar-refractivity contribution is 6.30. The van der Waals surface area contributed by atoms with Crippen LogP contribution in [-0.4, -0.2) is 35.7 Å². The van der Waals surface area contributed by atoms with Crippen LogP contribution in [-0.2, 0) is 6.42 Å². The van der Waals surface area contributed by atoms with E-state index in [1.807, 2.05) is 14.1 Å². The molecular formula is C16H23ClFNO. The molecule has 1 fully saturated rings. The second kappa shape index (κ2) is 6.42. The lowest BCUT2D eigenvalue weighted by Gasteiger charge is -2.46. The zero-order chi connectivity index (χ0) is 14.8. The number of rotatable bonds is 4. The van der Waals surface area contributed by atoms with Gasteiger partial charge in [-0.1, -0.05) is 36.9 Å². The number of benzene rings is 1. The summed E-state index contributed by atoms with van der Waals surface area (Å²) < 4.78 is 13.2. The molecule has 0 amide bonds. The van der Waals surface area contributed by atoms with Crippen LogP contribution < -0.4 is 0 Å². The summed E-state index contributed by atoms with van der Waals surface area (Å²) in [4.78, 5) is 2.15. The summed E-state index contributed by atoms with van der Waals surface area (Å²) in [6, 6.07) is 4.69. The maximum absolute atomic E-state index is 13.2. The molecule has 1 aromatic carbocycles. The molecule has 0 saturated heterocycles. The van der Waals surface area contributed by atoms with E-state index in [9.17, 15) is 9.50 Å². The van der Waals surface area contributed by atoms with Gasteiger partial charge in [-0.15, -0.1) is 0 Å². The summed E-state index contributed by atoms with van der Waals surface area (Å²) in [6.07, 6.45) is 5.62. The third-order valence-electron chi connectivity index (χ3n) is 4.64. The molecule has 0 heterocycles. The largest absolute Gasteiger partial charge is 0.391 e. The zero-order valence-electron chi connectivity index (χ0n) is 12.2. The van der Waals surface area contributed by atoms with Gasteiger partial charge < -0.3 is 10.0 Å². The molecule has 1 N–H and O–H groups in total. The van der Waals surface area contributed by atoms with Crippen molar-refractivity contribution in [2.24, 2.45) is 0 Å². The van der Waals surface area contributed by atoms with Crippen LogP contribution in [0.4, 0.5) is 4.39 Å². The van der Waals surface area contributed by atoms with E-state index in [4.69, 9.17) is 11.6 Å². The molecule has 2 rings (SSSR count). The van der Waals surface area contributed by atoms with Crippen molar-refractivity contribution in [2.75, 3.05) is 14.1 Å². The lowest BCUT2D eigenvalue weighted by molar-refractivity contribution is -0.0310. The number of hydrogen-bond acceptors (Lipinski definition) is 2. The Morgan fingerprint density at radius 2 is 1.95 bits per heavy atom. The van der Waals surface area contributed by atoms with Crippen molar-refractivity contribution < 1.29 is 9.50 Å². The fraction of sp³-hybridized carbons (Fsp3) is 0.625. The molecule has 1 aromatic rings. The average molecular weight is 300 g/mol. The molecule has 1 unspecified atom stereocenters. The molecule has 1 saturated carbocycles. The molecule has 20 heavy (non-hydrogen) atoms. The Morgan fingerprint density at radius 1 is 1.30 bits per heavy atom. The summed E-state index contributed by atoms with van der Waals surface area (Å²) in [6.45, 7) is 0. The van der Waals surface area contributed by atoms with Crippen LogP contribution >= 0.6 is 11.6 Å². The van der Waals surface area contributed by atoms with Crippen LogP contribution in [0.5, 0.6) is 0 Å². The number of aliphatic hydroxyl groups is 1. The van der Waals surface area contributed by atoms with E-state index >= 15 is 0 Å². The third kappa shape index (κ3) is 3.16. The Hall–Kier alpha value is -0.640. The molecule has 0 bridgehead atoms. The summed E-state index contributed by atoms with van der Waals surface area (Å²) in [5.41, 5.74) is 0.717.